The van der Waals surface area contributed by atoms with Crippen molar-refractivity contribution in [2.45, 2.75) is 51.5 Å². The van der Waals surface area contributed by atoms with Gasteiger partial charge in [0.05, 0.1) is 18.2 Å². The van der Waals surface area contributed by atoms with Crippen LogP contribution in [0.25, 0.3) is 0 Å². The van der Waals surface area contributed by atoms with Gasteiger partial charge in [0.1, 0.15) is 0 Å². The minimum atomic E-state index is -0.298. The van der Waals surface area contributed by atoms with Crippen LogP contribution in [0.4, 0.5) is 0 Å². The molecule has 138 valence electrons. The van der Waals surface area contributed by atoms with Gasteiger partial charge < -0.3 is 9.30 Å². The summed E-state index contributed by atoms with van der Waals surface area (Å²) in [5, 5.41) is 0. The first-order valence-electron chi connectivity index (χ1n) is 9.28. The lowest BCUT2D eigenvalue weighted by Crippen LogP contribution is -2.15. The maximum Gasteiger partial charge on any atom is 0.315 e. The van der Waals surface area contributed by atoms with Crippen LogP contribution in [0.15, 0.2) is 40.9 Å². The number of halogens is 1. The van der Waals surface area contributed by atoms with E-state index in [9.17, 15) is 9.59 Å². The molecule has 1 aliphatic heterocycles. The summed E-state index contributed by atoms with van der Waals surface area (Å²) in [5.74, 6) is -0.503. The second-order valence-corrected chi connectivity index (χ2v) is 7.53. The average Bonchev–Trinajstić information content (AvgIpc) is 3.23. The topological polar surface area (TPSA) is 48.3 Å². The van der Waals surface area contributed by atoms with Crippen LogP contribution in [-0.4, -0.2) is 22.9 Å². The predicted molar refractivity (Wildman–Crippen MR) is 104 cm³/mol. The Balaban J connectivity index is 1.72. The SMILES string of the molecule is CCCCCCOC(=O)C1CCn2c(C(=O)c3ccccc3)cc(Br)c21. The Labute approximate surface area is 162 Å². The molecule has 0 amide bonds. The summed E-state index contributed by atoms with van der Waals surface area (Å²) < 4.78 is 8.25. The van der Waals surface area contributed by atoms with E-state index in [1.807, 2.05) is 41.0 Å². The number of carbonyl (C=O) groups excluding carboxylic acids is 2. The van der Waals surface area contributed by atoms with Crippen LogP contribution < -0.4 is 0 Å². The number of hydrogen-bond donors (Lipinski definition) is 0. The van der Waals surface area contributed by atoms with Crippen LogP contribution in [0.2, 0.25) is 0 Å². The normalized spacial score (nSPS) is 15.7. The summed E-state index contributed by atoms with van der Waals surface area (Å²) in [6.45, 7) is 3.29. The lowest BCUT2D eigenvalue weighted by Gasteiger charge is -2.10. The maximum absolute atomic E-state index is 12.8. The van der Waals surface area contributed by atoms with Gasteiger partial charge in [0, 0.05) is 22.3 Å². The Morgan fingerprint density at radius 1 is 1.19 bits per heavy atom. The number of fused-ring (bicyclic) bond motifs is 1. The number of ketones is 1. The van der Waals surface area contributed by atoms with Gasteiger partial charge in [-0.1, -0.05) is 56.5 Å². The summed E-state index contributed by atoms with van der Waals surface area (Å²) in [7, 11) is 0. The lowest BCUT2D eigenvalue weighted by atomic mass is 10.1. The van der Waals surface area contributed by atoms with E-state index in [2.05, 4.69) is 22.9 Å². The molecule has 2 aromatic rings. The number of rotatable bonds is 8. The summed E-state index contributed by atoms with van der Waals surface area (Å²) in [5.41, 5.74) is 2.14. The summed E-state index contributed by atoms with van der Waals surface area (Å²) in [6.07, 6.45) is 5.00. The molecule has 5 heteroatoms. The Hall–Kier alpha value is -1.88. The van der Waals surface area contributed by atoms with E-state index in [1.165, 1.54) is 6.42 Å². The fourth-order valence-electron chi connectivity index (χ4n) is 3.48. The number of nitrogens with zero attached hydrogens (tertiary/aromatic N) is 1. The number of hydrogen-bond acceptors (Lipinski definition) is 3. The van der Waals surface area contributed by atoms with Gasteiger partial charge in [-0.25, -0.2) is 0 Å². The van der Waals surface area contributed by atoms with Crippen molar-refractivity contribution < 1.29 is 14.3 Å². The number of benzene rings is 1. The monoisotopic (exact) mass is 417 g/mol. The van der Waals surface area contributed by atoms with E-state index in [0.717, 1.165) is 29.4 Å². The van der Waals surface area contributed by atoms with Crippen molar-refractivity contribution >= 4 is 27.7 Å². The number of ether oxygens (including phenoxy) is 1. The minimum Gasteiger partial charge on any atom is -0.465 e. The number of aromatic nitrogens is 1. The molecule has 4 nitrogen and oxygen atoms in total. The smallest absolute Gasteiger partial charge is 0.315 e. The summed E-state index contributed by atoms with van der Waals surface area (Å²) >= 11 is 3.54. The first-order valence-corrected chi connectivity index (χ1v) is 10.1. The number of esters is 1. The molecule has 0 radical (unpaired) electrons. The van der Waals surface area contributed by atoms with E-state index in [1.54, 1.807) is 0 Å². The molecule has 3 rings (SSSR count). The third-order valence-corrected chi connectivity index (χ3v) is 5.49. The first kappa shape index (κ1) is 18.9. The third-order valence-electron chi connectivity index (χ3n) is 4.86. The molecular formula is C21H24BrNO3. The number of carbonyl (C=O) groups is 2. The molecule has 1 atom stereocenters. The number of unbranched alkanes of at least 4 members (excludes halogenated alkanes) is 3. The zero-order valence-corrected chi connectivity index (χ0v) is 16.6. The zero-order chi connectivity index (χ0) is 18.5. The van der Waals surface area contributed by atoms with Crippen LogP contribution in [0, 0.1) is 0 Å². The molecule has 0 saturated heterocycles. The Bertz CT molecular complexity index is 782. The zero-order valence-electron chi connectivity index (χ0n) is 15.0. The van der Waals surface area contributed by atoms with Crippen LogP contribution in [0.1, 0.15) is 66.7 Å². The lowest BCUT2D eigenvalue weighted by molar-refractivity contribution is -0.145. The van der Waals surface area contributed by atoms with E-state index >= 15 is 0 Å². The molecule has 0 N–H and O–H groups in total. The molecule has 1 aromatic heterocycles. The Morgan fingerprint density at radius 3 is 2.69 bits per heavy atom. The van der Waals surface area contributed by atoms with Gasteiger partial charge in [0.15, 0.2) is 0 Å². The molecule has 1 aliphatic rings. The van der Waals surface area contributed by atoms with Gasteiger partial charge in [-0.05, 0) is 34.8 Å². The van der Waals surface area contributed by atoms with E-state index in [-0.39, 0.29) is 17.7 Å². The quantitative estimate of drug-likeness (QED) is 0.341. The largest absolute Gasteiger partial charge is 0.465 e. The second kappa shape index (κ2) is 8.67. The molecule has 2 heterocycles. The van der Waals surface area contributed by atoms with Gasteiger partial charge in [0.2, 0.25) is 5.78 Å². The van der Waals surface area contributed by atoms with Crippen LogP contribution in [-0.2, 0) is 16.1 Å². The van der Waals surface area contributed by atoms with Gasteiger partial charge in [-0.3, -0.25) is 9.59 Å². The maximum atomic E-state index is 12.8. The van der Waals surface area contributed by atoms with Crippen LogP contribution in [0.3, 0.4) is 0 Å². The van der Waals surface area contributed by atoms with Gasteiger partial charge in [0.25, 0.3) is 0 Å². The fraction of sp³-hybridized carbons (Fsp3) is 0.429. The summed E-state index contributed by atoms with van der Waals surface area (Å²) in [6, 6.07) is 11.1. The average molecular weight is 418 g/mol. The van der Waals surface area contributed by atoms with E-state index in [4.69, 9.17) is 4.74 Å². The van der Waals surface area contributed by atoms with Crippen LogP contribution in [0.5, 0.6) is 0 Å². The van der Waals surface area contributed by atoms with E-state index in [0.29, 0.717) is 30.8 Å². The molecular weight excluding hydrogens is 394 g/mol. The molecule has 26 heavy (non-hydrogen) atoms. The third kappa shape index (κ3) is 3.93. The Kier molecular flexibility index (Phi) is 6.30. The van der Waals surface area contributed by atoms with Crippen molar-refractivity contribution in [3.05, 3.63) is 57.8 Å². The van der Waals surface area contributed by atoms with Crippen LogP contribution >= 0.6 is 15.9 Å². The molecule has 0 spiro atoms. The highest BCUT2D eigenvalue weighted by molar-refractivity contribution is 9.10. The van der Waals surface area contributed by atoms with Crippen molar-refractivity contribution in [2.75, 3.05) is 6.61 Å². The molecule has 1 aromatic carbocycles. The van der Waals surface area contributed by atoms with E-state index < -0.39 is 0 Å². The highest BCUT2D eigenvalue weighted by atomic mass is 79.9. The predicted octanol–water partition coefficient (Wildman–Crippen LogP) is 5.09. The first-order chi connectivity index (χ1) is 12.6. The van der Waals surface area contributed by atoms with Crippen molar-refractivity contribution in [2.24, 2.45) is 0 Å². The Morgan fingerprint density at radius 2 is 1.96 bits per heavy atom. The second-order valence-electron chi connectivity index (χ2n) is 6.68. The van der Waals surface area contributed by atoms with Crippen molar-refractivity contribution in [3.8, 4) is 0 Å². The van der Waals surface area contributed by atoms with Crippen molar-refractivity contribution in [3.63, 3.8) is 0 Å². The molecule has 0 aliphatic carbocycles. The standard InChI is InChI=1S/C21H24BrNO3/c1-2-3-4-8-13-26-21(25)16-11-12-23-18(14-17(22)19(16)23)20(24)15-9-6-5-7-10-15/h5-7,9-10,14,16H,2-4,8,11-13H2,1H3. The van der Waals surface area contributed by atoms with Crippen molar-refractivity contribution in [1.82, 2.24) is 4.57 Å². The molecule has 0 saturated carbocycles. The molecule has 1 unspecified atom stereocenters. The van der Waals surface area contributed by atoms with Crippen molar-refractivity contribution in [1.29, 1.82) is 0 Å². The highest BCUT2D eigenvalue weighted by Gasteiger charge is 2.35. The molecule has 0 bridgehead atoms. The highest BCUT2D eigenvalue weighted by Crippen LogP contribution is 2.38. The van der Waals surface area contributed by atoms with Gasteiger partial charge >= 0.3 is 5.97 Å². The fourth-order valence-corrected chi connectivity index (χ4v) is 4.19. The molecule has 0 fully saturated rings. The van der Waals surface area contributed by atoms with Gasteiger partial charge in [-0.15, -0.1) is 0 Å². The summed E-state index contributed by atoms with van der Waals surface area (Å²) in [4.78, 5) is 25.3. The van der Waals surface area contributed by atoms with Gasteiger partial charge in [-0.2, -0.15) is 0 Å². The minimum absolute atomic E-state index is 0.0221.